The molecule has 3 aliphatic heterocycles. The van der Waals surface area contributed by atoms with Gasteiger partial charge in [-0.15, -0.1) is 0 Å². The summed E-state index contributed by atoms with van der Waals surface area (Å²) in [6.45, 7) is 5.07. The maximum atomic E-state index is 13.5. The highest BCUT2D eigenvalue weighted by molar-refractivity contribution is 5.97. The van der Waals surface area contributed by atoms with Crippen LogP contribution in [-0.2, 0) is 9.47 Å². The van der Waals surface area contributed by atoms with Crippen molar-refractivity contribution in [2.45, 2.75) is 63.1 Å². The third-order valence-electron chi connectivity index (χ3n) is 6.94. The molecule has 2 saturated heterocycles. The Labute approximate surface area is 180 Å². The van der Waals surface area contributed by atoms with Crippen LogP contribution < -0.4 is 4.74 Å². The first-order valence-corrected chi connectivity index (χ1v) is 11.7. The summed E-state index contributed by atoms with van der Waals surface area (Å²) in [7, 11) is 1.78. The van der Waals surface area contributed by atoms with Crippen LogP contribution in [0.5, 0.6) is 5.75 Å². The average Bonchev–Trinajstić information content (AvgIpc) is 2.81. The maximum Gasteiger partial charge on any atom is 0.257 e. The lowest BCUT2D eigenvalue weighted by molar-refractivity contribution is -0.0158. The zero-order chi connectivity index (χ0) is 20.8. The summed E-state index contributed by atoms with van der Waals surface area (Å²) in [6.07, 6.45) is 7.56. The molecule has 2 fully saturated rings. The molecule has 3 heterocycles. The van der Waals surface area contributed by atoms with Gasteiger partial charge in [-0.1, -0.05) is 18.6 Å². The highest BCUT2D eigenvalue weighted by Gasteiger charge is 2.35. The summed E-state index contributed by atoms with van der Waals surface area (Å²) < 4.78 is 17.6. The molecular formula is C24H36N2O4. The minimum absolute atomic E-state index is 0.0814. The number of hydrogen-bond donors (Lipinski definition) is 0. The predicted molar refractivity (Wildman–Crippen MR) is 116 cm³/mol. The Hall–Kier alpha value is -1.63. The molecule has 0 saturated carbocycles. The van der Waals surface area contributed by atoms with Crippen LogP contribution in [0.3, 0.4) is 0 Å². The second kappa shape index (κ2) is 10.6. The smallest absolute Gasteiger partial charge is 0.257 e. The Balaban J connectivity index is 1.56. The first-order valence-electron chi connectivity index (χ1n) is 11.7. The SMILES string of the molecule is CO[C@H]1CCCN2C(=O)c3ccccc3OCCN(C3CCOCC3)CCCC[C@@H]12. The third kappa shape index (κ3) is 4.98. The first-order chi connectivity index (χ1) is 14.8. The lowest BCUT2D eigenvalue weighted by atomic mass is 9.93. The minimum Gasteiger partial charge on any atom is -0.491 e. The van der Waals surface area contributed by atoms with Crippen molar-refractivity contribution >= 4 is 5.91 Å². The van der Waals surface area contributed by atoms with Crippen molar-refractivity contribution in [1.29, 1.82) is 0 Å². The monoisotopic (exact) mass is 416 g/mol. The summed E-state index contributed by atoms with van der Waals surface area (Å²) in [5, 5.41) is 0. The molecule has 166 valence electrons. The number of amides is 1. The van der Waals surface area contributed by atoms with Gasteiger partial charge in [0.2, 0.25) is 0 Å². The van der Waals surface area contributed by atoms with Gasteiger partial charge in [0.15, 0.2) is 0 Å². The van der Waals surface area contributed by atoms with Crippen molar-refractivity contribution in [3.8, 4) is 5.75 Å². The summed E-state index contributed by atoms with van der Waals surface area (Å²) >= 11 is 0. The molecule has 0 aromatic heterocycles. The molecule has 1 amide bonds. The topological polar surface area (TPSA) is 51.2 Å². The van der Waals surface area contributed by atoms with Gasteiger partial charge in [-0.05, 0) is 57.2 Å². The zero-order valence-corrected chi connectivity index (χ0v) is 18.3. The molecule has 3 aliphatic rings. The van der Waals surface area contributed by atoms with Crippen LogP contribution in [0.1, 0.15) is 55.3 Å². The second-order valence-electron chi connectivity index (χ2n) is 8.70. The van der Waals surface area contributed by atoms with E-state index in [1.807, 2.05) is 29.2 Å². The van der Waals surface area contributed by atoms with Gasteiger partial charge in [-0.3, -0.25) is 9.69 Å². The molecule has 0 N–H and O–H groups in total. The van der Waals surface area contributed by atoms with E-state index in [0.717, 1.165) is 77.8 Å². The molecule has 2 atom stereocenters. The molecule has 1 aromatic rings. The van der Waals surface area contributed by atoms with E-state index in [0.29, 0.717) is 24.0 Å². The third-order valence-corrected chi connectivity index (χ3v) is 6.94. The van der Waals surface area contributed by atoms with Crippen LogP contribution in [0.2, 0.25) is 0 Å². The van der Waals surface area contributed by atoms with Crippen molar-refractivity contribution in [1.82, 2.24) is 9.80 Å². The van der Waals surface area contributed by atoms with Crippen molar-refractivity contribution in [3.63, 3.8) is 0 Å². The number of hydrogen-bond acceptors (Lipinski definition) is 5. The fraction of sp³-hybridized carbons (Fsp3) is 0.708. The number of piperidine rings is 1. The summed E-state index contributed by atoms with van der Waals surface area (Å²) in [5.74, 6) is 0.782. The summed E-state index contributed by atoms with van der Waals surface area (Å²) in [4.78, 5) is 18.1. The Morgan fingerprint density at radius 2 is 1.77 bits per heavy atom. The molecule has 4 rings (SSSR count). The highest BCUT2D eigenvalue weighted by Crippen LogP contribution is 2.29. The first kappa shape index (κ1) is 21.6. The van der Waals surface area contributed by atoms with Crippen molar-refractivity contribution < 1.29 is 19.0 Å². The van der Waals surface area contributed by atoms with Gasteiger partial charge in [0.05, 0.1) is 17.7 Å². The number of ether oxygens (including phenoxy) is 3. The molecule has 0 bridgehead atoms. The fourth-order valence-corrected chi connectivity index (χ4v) is 5.28. The van der Waals surface area contributed by atoms with Crippen molar-refractivity contribution in [2.75, 3.05) is 46.6 Å². The summed E-state index contributed by atoms with van der Waals surface area (Å²) in [5.41, 5.74) is 0.677. The minimum atomic E-state index is 0.0814. The normalized spacial score (nSPS) is 27.8. The van der Waals surface area contributed by atoms with Crippen LogP contribution >= 0.6 is 0 Å². The van der Waals surface area contributed by atoms with Gasteiger partial charge in [-0.25, -0.2) is 0 Å². The van der Waals surface area contributed by atoms with E-state index < -0.39 is 0 Å². The van der Waals surface area contributed by atoms with E-state index in [1.54, 1.807) is 7.11 Å². The molecule has 0 unspecified atom stereocenters. The number of carbonyl (C=O) groups is 1. The number of nitrogens with zero attached hydrogens (tertiary/aromatic N) is 2. The standard InChI is InChI=1S/C24H36N2O4/c1-28-23-10-6-14-26-21(23)8-4-5-13-25(19-11-16-29-17-12-19)15-18-30-22-9-3-2-7-20(22)24(26)27/h2-3,7,9,19,21,23H,4-6,8,10-18H2,1H3/t21-,23-/m0/s1. The van der Waals surface area contributed by atoms with Crippen molar-refractivity contribution in [3.05, 3.63) is 29.8 Å². The number of fused-ring (bicyclic) bond motifs is 2. The lowest BCUT2D eigenvalue weighted by Gasteiger charge is -2.41. The maximum absolute atomic E-state index is 13.5. The van der Waals surface area contributed by atoms with E-state index in [2.05, 4.69) is 4.90 Å². The predicted octanol–water partition coefficient (Wildman–Crippen LogP) is 3.35. The number of carbonyl (C=O) groups excluding carboxylic acids is 1. The van der Waals surface area contributed by atoms with Gasteiger partial charge in [-0.2, -0.15) is 0 Å². The van der Waals surface area contributed by atoms with Gasteiger partial charge < -0.3 is 19.1 Å². The zero-order valence-electron chi connectivity index (χ0n) is 18.3. The van der Waals surface area contributed by atoms with Crippen LogP contribution in [0, 0.1) is 0 Å². The quantitative estimate of drug-likeness (QED) is 0.740. The van der Waals surface area contributed by atoms with Crippen LogP contribution in [0.4, 0.5) is 0 Å². The number of para-hydroxylation sites is 1. The van der Waals surface area contributed by atoms with Gasteiger partial charge in [0.25, 0.3) is 5.91 Å². The fourth-order valence-electron chi connectivity index (χ4n) is 5.28. The van der Waals surface area contributed by atoms with E-state index in [1.165, 1.54) is 0 Å². The average molecular weight is 417 g/mol. The van der Waals surface area contributed by atoms with E-state index in [-0.39, 0.29) is 18.1 Å². The number of rotatable bonds is 2. The van der Waals surface area contributed by atoms with Gasteiger partial charge in [0, 0.05) is 39.5 Å². The molecule has 0 spiro atoms. The Morgan fingerprint density at radius 1 is 0.933 bits per heavy atom. The number of methoxy groups -OCH3 is 1. The van der Waals surface area contributed by atoms with E-state index >= 15 is 0 Å². The van der Waals surface area contributed by atoms with Crippen LogP contribution in [0.25, 0.3) is 0 Å². The Morgan fingerprint density at radius 3 is 2.60 bits per heavy atom. The highest BCUT2D eigenvalue weighted by atomic mass is 16.5. The molecule has 0 radical (unpaired) electrons. The van der Waals surface area contributed by atoms with Crippen LogP contribution in [0.15, 0.2) is 24.3 Å². The van der Waals surface area contributed by atoms with Crippen molar-refractivity contribution in [2.24, 2.45) is 0 Å². The van der Waals surface area contributed by atoms with E-state index in [4.69, 9.17) is 14.2 Å². The van der Waals surface area contributed by atoms with Gasteiger partial charge in [0.1, 0.15) is 12.4 Å². The number of benzene rings is 1. The Bertz CT molecular complexity index is 692. The molecular weight excluding hydrogens is 380 g/mol. The molecule has 1 aromatic carbocycles. The second-order valence-corrected chi connectivity index (χ2v) is 8.70. The molecule has 0 aliphatic carbocycles. The van der Waals surface area contributed by atoms with Gasteiger partial charge >= 0.3 is 0 Å². The summed E-state index contributed by atoms with van der Waals surface area (Å²) in [6, 6.07) is 8.42. The van der Waals surface area contributed by atoms with Crippen LogP contribution in [-0.4, -0.2) is 80.5 Å². The molecule has 6 nitrogen and oxygen atoms in total. The lowest BCUT2D eigenvalue weighted by Crippen LogP contribution is -2.51. The largest absolute Gasteiger partial charge is 0.491 e. The van der Waals surface area contributed by atoms with E-state index in [9.17, 15) is 4.79 Å². The Kier molecular flexibility index (Phi) is 7.63. The molecule has 30 heavy (non-hydrogen) atoms. The molecule has 6 heteroatoms.